The van der Waals surface area contributed by atoms with Crippen molar-refractivity contribution in [2.24, 2.45) is 0 Å². The quantitative estimate of drug-likeness (QED) is 0.832. The Hall–Kier alpha value is -1.07. The lowest BCUT2D eigenvalue weighted by atomic mass is 9.84. The molecule has 1 aliphatic carbocycles. The third-order valence-corrected chi connectivity index (χ3v) is 6.42. The number of halogens is 1. The average Bonchev–Trinajstić information content (AvgIpc) is 2.43. The van der Waals surface area contributed by atoms with Gasteiger partial charge in [0, 0.05) is 28.6 Å². The smallest absolute Gasteiger partial charge is 0.315 e. The fourth-order valence-electron chi connectivity index (χ4n) is 2.73. The van der Waals surface area contributed by atoms with Crippen molar-refractivity contribution in [1.82, 2.24) is 10.6 Å². The van der Waals surface area contributed by atoms with Crippen LogP contribution in [0.3, 0.4) is 0 Å². The topological polar surface area (TPSA) is 58.2 Å². The molecule has 6 heteroatoms. The van der Waals surface area contributed by atoms with Crippen LogP contribution in [0.5, 0.6) is 0 Å². The molecular formula is C16H23ClN2O2S. The predicted octanol–water partition coefficient (Wildman–Crippen LogP) is 3.39. The van der Waals surface area contributed by atoms with Crippen molar-refractivity contribution in [3.63, 3.8) is 0 Å². The molecule has 0 unspecified atom stereocenters. The van der Waals surface area contributed by atoms with Gasteiger partial charge in [0.1, 0.15) is 0 Å². The van der Waals surface area contributed by atoms with Crippen molar-refractivity contribution in [2.45, 2.75) is 43.4 Å². The van der Waals surface area contributed by atoms with Crippen LogP contribution in [0.2, 0.25) is 5.02 Å². The normalized spacial score (nSPS) is 18.9. The Labute approximate surface area is 139 Å². The first kappa shape index (κ1) is 17.3. The summed E-state index contributed by atoms with van der Waals surface area (Å²) < 4.78 is 11.6. The SMILES string of the molecule is CC[C@H](NC(=O)NCC1([S@@](C)=O)CCC1)c1cccc(Cl)c1. The maximum atomic E-state index is 12.1. The monoisotopic (exact) mass is 342 g/mol. The molecule has 0 radical (unpaired) electrons. The van der Waals surface area contributed by atoms with E-state index in [0.29, 0.717) is 11.6 Å². The van der Waals surface area contributed by atoms with Gasteiger partial charge in [-0.2, -0.15) is 0 Å². The van der Waals surface area contributed by atoms with Crippen LogP contribution in [0.25, 0.3) is 0 Å². The van der Waals surface area contributed by atoms with E-state index in [2.05, 4.69) is 10.6 Å². The fourth-order valence-corrected chi connectivity index (χ4v) is 4.07. The van der Waals surface area contributed by atoms with Gasteiger partial charge in [0.15, 0.2) is 0 Å². The van der Waals surface area contributed by atoms with Gasteiger partial charge in [-0.25, -0.2) is 4.79 Å². The van der Waals surface area contributed by atoms with Gasteiger partial charge in [-0.05, 0) is 37.0 Å². The van der Waals surface area contributed by atoms with Crippen LogP contribution in [0.1, 0.15) is 44.2 Å². The predicted molar refractivity (Wildman–Crippen MR) is 91.7 cm³/mol. The van der Waals surface area contributed by atoms with Crippen LogP contribution in [-0.4, -0.2) is 27.8 Å². The van der Waals surface area contributed by atoms with Gasteiger partial charge in [-0.1, -0.05) is 37.1 Å². The number of amides is 2. The number of hydrogen-bond donors (Lipinski definition) is 2. The molecule has 1 saturated carbocycles. The highest BCUT2D eigenvalue weighted by molar-refractivity contribution is 7.85. The summed E-state index contributed by atoms with van der Waals surface area (Å²) in [6.45, 7) is 2.48. The first-order valence-electron chi connectivity index (χ1n) is 7.60. The van der Waals surface area contributed by atoms with Crippen LogP contribution >= 0.6 is 11.6 Å². The first-order valence-corrected chi connectivity index (χ1v) is 9.54. The molecule has 0 saturated heterocycles. The highest BCUT2D eigenvalue weighted by Gasteiger charge is 2.41. The van der Waals surface area contributed by atoms with E-state index in [1.807, 2.05) is 31.2 Å². The van der Waals surface area contributed by atoms with E-state index in [4.69, 9.17) is 11.6 Å². The molecule has 22 heavy (non-hydrogen) atoms. The summed E-state index contributed by atoms with van der Waals surface area (Å²) in [4.78, 5) is 12.1. The van der Waals surface area contributed by atoms with E-state index in [9.17, 15) is 9.00 Å². The van der Waals surface area contributed by atoms with Gasteiger partial charge in [0.2, 0.25) is 0 Å². The number of carbonyl (C=O) groups is 1. The minimum Gasteiger partial charge on any atom is -0.337 e. The fraction of sp³-hybridized carbons (Fsp3) is 0.562. The molecule has 1 aromatic rings. The molecule has 2 amide bonds. The number of benzene rings is 1. The lowest BCUT2D eigenvalue weighted by Crippen LogP contribution is -2.52. The third kappa shape index (κ3) is 4.02. The number of carbonyl (C=O) groups excluding carboxylic acids is 1. The second kappa shape index (κ2) is 7.47. The van der Waals surface area contributed by atoms with E-state index < -0.39 is 10.8 Å². The lowest BCUT2D eigenvalue weighted by molar-refractivity contribution is 0.231. The van der Waals surface area contributed by atoms with Crippen molar-refractivity contribution in [2.75, 3.05) is 12.8 Å². The Balaban J connectivity index is 1.91. The molecule has 122 valence electrons. The zero-order chi connectivity index (χ0) is 16.2. The van der Waals surface area contributed by atoms with Crippen LogP contribution in [-0.2, 0) is 10.8 Å². The van der Waals surface area contributed by atoms with Gasteiger partial charge in [0.25, 0.3) is 0 Å². The largest absolute Gasteiger partial charge is 0.337 e. The van der Waals surface area contributed by atoms with Gasteiger partial charge in [0.05, 0.1) is 10.8 Å². The number of nitrogens with one attached hydrogen (secondary N) is 2. The van der Waals surface area contributed by atoms with E-state index in [-0.39, 0.29) is 16.8 Å². The Morgan fingerprint density at radius 3 is 2.68 bits per heavy atom. The molecule has 0 heterocycles. The summed E-state index contributed by atoms with van der Waals surface area (Å²) in [7, 11) is -0.912. The van der Waals surface area contributed by atoms with Crippen LogP contribution in [0, 0.1) is 0 Å². The molecule has 2 N–H and O–H groups in total. The third-order valence-electron chi connectivity index (χ3n) is 4.41. The summed E-state index contributed by atoms with van der Waals surface area (Å²) in [6.07, 6.45) is 5.42. The van der Waals surface area contributed by atoms with Crippen molar-refractivity contribution in [1.29, 1.82) is 0 Å². The molecule has 2 rings (SSSR count). The van der Waals surface area contributed by atoms with Crippen molar-refractivity contribution in [3.8, 4) is 0 Å². The standard InChI is InChI=1S/C16H23ClN2O2S/c1-3-14(12-6-4-7-13(17)10-12)19-15(20)18-11-16(22(2)21)8-5-9-16/h4,6-7,10,14H,3,5,8-9,11H2,1-2H3,(H2,18,19,20)/t14-,22+/m0/s1. The van der Waals surface area contributed by atoms with Crippen molar-refractivity contribution in [3.05, 3.63) is 34.9 Å². The molecule has 0 aliphatic heterocycles. The van der Waals surface area contributed by atoms with Gasteiger partial charge < -0.3 is 10.6 Å². The van der Waals surface area contributed by atoms with E-state index in [0.717, 1.165) is 31.2 Å². The minimum absolute atomic E-state index is 0.0804. The number of rotatable bonds is 6. The zero-order valence-corrected chi connectivity index (χ0v) is 14.6. The Kier molecular flexibility index (Phi) is 5.87. The molecule has 1 aliphatic rings. The van der Waals surface area contributed by atoms with Crippen molar-refractivity contribution < 1.29 is 9.00 Å². The molecule has 0 bridgehead atoms. The van der Waals surface area contributed by atoms with E-state index in [1.54, 1.807) is 6.26 Å². The molecule has 1 aromatic carbocycles. The second-order valence-electron chi connectivity index (χ2n) is 5.83. The summed E-state index contributed by atoms with van der Waals surface area (Å²) in [6, 6.07) is 7.21. The molecule has 4 nitrogen and oxygen atoms in total. The van der Waals surface area contributed by atoms with Crippen LogP contribution in [0.4, 0.5) is 4.79 Å². The molecular weight excluding hydrogens is 320 g/mol. The highest BCUT2D eigenvalue weighted by Crippen LogP contribution is 2.36. The maximum Gasteiger partial charge on any atom is 0.315 e. The summed E-state index contributed by atoms with van der Waals surface area (Å²) >= 11 is 6.00. The van der Waals surface area contributed by atoms with Gasteiger partial charge in [-0.15, -0.1) is 0 Å². The number of urea groups is 1. The van der Waals surface area contributed by atoms with Crippen LogP contribution in [0.15, 0.2) is 24.3 Å². The van der Waals surface area contributed by atoms with E-state index >= 15 is 0 Å². The second-order valence-corrected chi connectivity index (χ2v) is 8.04. The summed E-state index contributed by atoms with van der Waals surface area (Å²) in [5.74, 6) is 0. The highest BCUT2D eigenvalue weighted by atomic mass is 35.5. The van der Waals surface area contributed by atoms with E-state index in [1.165, 1.54) is 0 Å². The molecule has 0 spiro atoms. The minimum atomic E-state index is -0.912. The molecule has 2 atom stereocenters. The molecule has 0 aromatic heterocycles. The molecule has 1 fully saturated rings. The van der Waals surface area contributed by atoms with Crippen LogP contribution < -0.4 is 10.6 Å². The maximum absolute atomic E-state index is 12.1. The van der Waals surface area contributed by atoms with Gasteiger partial charge in [-0.3, -0.25) is 4.21 Å². The Morgan fingerprint density at radius 2 is 2.18 bits per heavy atom. The summed E-state index contributed by atoms with van der Waals surface area (Å²) in [5.41, 5.74) is 0.988. The average molecular weight is 343 g/mol. The van der Waals surface area contributed by atoms with Crippen molar-refractivity contribution >= 4 is 28.4 Å². The summed E-state index contributed by atoms with van der Waals surface area (Å²) in [5, 5.41) is 6.50. The Bertz CT molecular complexity index is 561. The lowest BCUT2D eigenvalue weighted by Gasteiger charge is -2.39. The first-order chi connectivity index (χ1) is 10.5. The number of hydrogen-bond acceptors (Lipinski definition) is 2. The zero-order valence-electron chi connectivity index (χ0n) is 13.0. The Morgan fingerprint density at radius 1 is 1.45 bits per heavy atom. The van der Waals surface area contributed by atoms with Gasteiger partial charge >= 0.3 is 6.03 Å².